The summed E-state index contributed by atoms with van der Waals surface area (Å²) in [5.74, 6) is 3.25. The van der Waals surface area contributed by atoms with Crippen molar-refractivity contribution >= 4 is 17.3 Å². The Labute approximate surface area is 183 Å². The molecule has 0 saturated heterocycles. The van der Waals surface area contributed by atoms with Crippen molar-refractivity contribution in [1.82, 2.24) is 5.32 Å². The van der Waals surface area contributed by atoms with Gasteiger partial charge in [-0.1, -0.05) is 24.3 Å². The van der Waals surface area contributed by atoms with Crippen LogP contribution in [0.4, 0.5) is 4.39 Å². The van der Waals surface area contributed by atoms with Crippen LogP contribution < -0.4 is 5.32 Å². The van der Waals surface area contributed by atoms with E-state index < -0.39 is 0 Å². The third-order valence-corrected chi connectivity index (χ3v) is 8.37. The van der Waals surface area contributed by atoms with Crippen LogP contribution in [-0.4, -0.2) is 17.2 Å². The summed E-state index contributed by atoms with van der Waals surface area (Å²) in [5, 5.41) is 3.43. The topological polar surface area (TPSA) is 41.5 Å². The Balaban J connectivity index is 1.29. The van der Waals surface area contributed by atoms with Crippen molar-refractivity contribution in [2.24, 2.45) is 34.6 Å². The molecule has 3 saturated carbocycles. The van der Waals surface area contributed by atoms with Gasteiger partial charge >= 0.3 is 0 Å². The van der Waals surface area contributed by atoms with Gasteiger partial charge in [-0.25, -0.2) is 9.38 Å². The number of hydrogen-bond donors (Lipinski definition) is 1. The molecule has 4 heteroatoms. The molecule has 1 aromatic rings. The number of fused-ring (bicyclic) bond motifs is 2. The van der Waals surface area contributed by atoms with Crippen molar-refractivity contribution < 1.29 is 9.18 Å². The van der Waals surface area contributed by atoms with Crippen molar-refractivity contribution in [3.63, 3.8) is 0 Å². The zero-order chi connectivity index (χ0) is 21.2. The second-order valence-electron chi connectivity index (χ2n) is 10.6. The highest BCUT2D eigenvalue weighted by Gasteiger charge is 2.53. The Hall–Kier alpha value is -2.49. The van der Waals surface area contributed by atoms with Crippen LogP contribution in [0.5, 0.6) is 0 Å². The van der Waals surface area contributed by atoms with E-state index in [1.165, 1.54) is 31.4 Å². The van der Waals surface area contributed by atoms with Crippen LogP contribution in [0.1, 0.15) is 51.0 Å². The normalized spacial score (nSPS) is 37.6. The van der Waals surface area contributed by atoms with E-state index in [9.17, 15) is 9.18 Å². The number of benzene rings is 1. The molecular weight excluding hydrogens is 387 g/mol. The third kappa shape index (κ3) is 3.31. The molecule has 1 aromatic carbocycles. The molecule has 3 nitrogen and oxygen atoms in total. The summed E-state index contributed by atoms with van der Waals surface area (Å²) in [5.41, 5.74) is 3.19. The van der Waals surface area contributed by atoms with E-state index in [4.69, 9.17) is 4.99 Å². The Morgan fingerprint density at radius 3 is 2.77 bits per heavy atom. The predicted octanol–water partition coefficient (Wildman–Crippen LogP) is 5.45. The highest BCUT2D eigenvalue weighted by atomic mass is 19.1. The fourth-order valence-electron chi connectivity index (χ4n) is 7.09. The van der Waals surface area contributed by atoms with Crippen LogP contribution in [-0.2, 0) is 4.79 Å². The molecule has 1 amide bonds. The lowest BCUT2D eigenvalue weighted by Gasteiger charge is -2.46. The largest absolute Gasteiger partial charge is 0.346 e. The lowest BCUT2D eigenvalue weighted by Crippen LogP contribution is -2.52. The SMILES string of the molecule is CC1(NC(=O)C2=NC(c3ccc(F)cc3)=C3C=CC=CC3C2)CC2CC3CC(C1)[C@H]3C2. The second-order valence-corrected chi connectivity index (χ2v) is 10.6. The Morgan fingerprint density at radius 1 is 1.10 bits per heavy atom. The molecule has 1 heterocycles. The molecule has 0 aromatic heterocycles. The number of hydrogen-bond acceptors (Lipinski definition) is 2. The second kappa shape index (κ2) is 7.01. The minimum Gasteiger partial charge on any atom is -0.346 e. The summed E-state index contributed by atoms with van der Waals surface area (Å²) in [4.78, 5) is 18.3. The van der Waals surface area contributed by atoms with Gasteiger partial charge in [0.1, 0.15) is 11.5 Å². The maximum atomic E-state index is 13.5. The van der Waals surface area contributed by atoms with E-state index in [0.29, 0.717) is 12.1 Å². The average Bonchev–Trinajstić information content (AvgIpc) is 3.01. The van der Waals surface area contributed by atoms with Gasteiger partial charge < -0.3 is 5.32 Å². The molecule has 4 aliphatic carbocycles. The van der Waals surface area contributed by atoms with Gasteiger partial charge in [-0.2, -0.15) is 0 Å². The zero-order valence-corrected chi connectivity index (χ0v) is 18.0. The summed E-state index contributed by atoms with van der Waals surface area (Å²) in [6, 6.07) is 6.42. The Bertz CT molecular complexity index is 1040. The quantitative estimate of drug-likeness (QED) is 0.699. The highest BCUT2D eigenvalue weighted by Crippen LogP contribution is 2.60. The number of aliphatic imine (C=N–C) groups is 1. The summed E-state index contributed by atoms with van der Waals surface area (Å²) < 4.78 is 13.5. The van der Waals surface area contributed by atoms with E-state index in [-0.39, 0.29) is 23.2 Å². The number of amides is 1. The summed E-state index contributed by atoms with van der Waals surface area (Å²) in [6.45, 7) is 2.24. The summed E-state index contributed by atoms with van der Waals surface area (Å²) in [6.07, 6.45) is 15.1. The molecule has 160 valence electrons. The third-order valence-electron chi connectivity index (χ3n) is 8.37. The lowest BCUT2D eigenvalue weighted by atomic mass is 9.62. The molecule has 5 unspecified atom stereocenters. The first-order valence-corrected chi connectivity index (χ1v) is 11.7. The molecule has 3 fully saturated rings. The summed E-state index contributed by atoms with van der Waals surface area (Å²) >= 11 is 0. The minimum absolute atomic E-state index is 0.0299. The van der Waals surface area contributed by atoms with Crippen molar-refractivity contribution in [2.45, 2.75) is 51.0 Å². The minimum atomic E-state index is -0.267. The predicted molar refractivity (Wildman–Crippen MR) is 121 cm³/mol. The number of allylic oxidation sites excluding steroid dienone is 5. The van der Waals surface area contributed by atoms with Crippen LogP contribution in [0.3, 0.4) is 0 Å². The first-order chi connectivity index (χ1) is 15.0. The molecule has 6 rings (SSSR count). The molecule has 1 N–H and O–H groups in total. The van der Waals surface area contributed by atoms with Crippen LogP contribution in [0.2, 0.25) is 0 Å². The molecule has 0 spiro atoms. The first kappa shape index (κ1) is 19.2. The van der Waals surface area contributed by atoms with Gasteiger partial charge in [0, 0.05) is 23.4 Å². The van der Waals surface area contributed by atoms with Crippen LogP contribution in [0, 0.1) is 35.4 Å². The Morgan fingerprint density at radius 2 is 1.94 bits per heavy atom. The van der Waals surface area contributed by atoms with E-state index in [1.807, 2.05) is 12.2 Å². The fraction of sp³-hybridized carbons (Fsp3) is 0.481. The zero-order valence-electron chi connectivity index (χ0n) is 18.0. The van der Waals surface area contributed by atoms with Gasteiger partial charge in [0.2, 0.25) is 0 Å². The van der Waals surface area contributed by atoms with Gasteiger partial charge in [-0.15, -0.1) is 0 Å². The van der Waals surface area contributed by atoms with E-state index >= 15 is 0 Å². The lowest BCUT2D eigenvalue weighted by molar-refractivity contribution is -0.117. The van der Waals surface area contributed by atoms with E-state index in [1.54, 1.807) is 12.1 Å². The van der Waals surface area contributed by atoms with Gasteiger partial charge in [-0.3, -0.25) is 4.79 Å². The molecule has 2 bridgehead atoms. The molecule has 31 heavy (non-hydrogen) atoms. The van der Waals surface area contributed by atoms with Crippen molar-refractivity contribution in [2.75, 3.05) is 0 Å². The number of nitrogens with one attached hydrogen (secondary N) is 1. The molecule has 0 radical (unpaired) electrons. The number of carbonyl (C=O) groups is 1. The van der Waals surface area contributed by atoms with Crippen molar-refractivity contribution in [3.8, 4) is 0 Å². The molecule has 6 atom stereocenters. The van der Waals surface area contributed by atoms with Gasteiger partial charge in [0.25, 0.3) is 5.91 Å². The van der Waals surface area contributed by atoms with Crippen molar-refractivity contribution in [3.05, 3.63) is 65.5 Å². The van der Waals surface area contributed by atoms with E-state index in [2.05, 4.69) is 24.4 Å². The first-order valence-electron chi connectivity index (χ1n) is 11.7. The number of carbonyl (C=O) groups excluding carboxylic acids is 1. The molecule has 1 aliphatic heterocycles. The molecule has 5 aliphatic rings. The van der Waals surface area contributed by atoms with Gasteiger partial charge in [0.15, 0.2) is 0 Å². The average molecular weight is 417 g/mol. The van der Waals surface area contributed by atoms with Gasteiger partial charge in [-0.05, 0) is 92.5 Å². The maximum absolute atomic E-state index is 13.5. The highest BCUT2D eigenvalue weighted by molar-refractivity contribution is 6.40. The monoisotopic (exact) mass is 416 g/mol. The van der Waals surface area contributed by atoms with Gasteiger partial charge in [0.05, 0.1) is 5.70 Å². The van der Waals surface area contributed by atoms with E-state index in [0.717, 1.165) is 53.3 Å². The number of halogens is 1. The van der Waals surface area contributed by atoms with Crippen molar-refractivity contribution in [1.29, 1.82) is 0 Å². The van der Waals surface area contributed by atoms with Crippen LogP contribution in [0.15, 0.2) is 59.1 Å². The maximum Gasteiger partial charge on any atom is 0.266 e. The van der Waals surface area contributed by atoms with Crippen LogP contribution in [0.25, 0.3) is 5.70 Å². The number of nitrogens with zero attached hydrogens (tertiary/aromatic N) is 1. The standard InChI is InChI=1S/C27H29FN2O/c1-27(14-16-10-19-12-20(15-27)23(19)11-16)30-26(31)24-13-18-4-2-3-5-22(18)25(29-24)17-6-8-21(28)9-7-17/h2-9,16,18-20,23H,10-15H2,1H3,(H,30,31)/t16?,18?,19?,20?,23-,27?/m0/s1. The fourth-order valence-corrected chi connectivity index (χ4v) is 7.09. The van der Waals surface area contributed by atoms with Crippen LogP contribution >= 0.6 is 0 Å². The summed E-state index contributed by atoms with van der Waals surface area (Å²) in [7, 11) is 0. The molecular formula is C27H29FN2O. The number of rotatable bonds is 3. The smallest absolute Gasteiger partial charge is 0.266 e. The Kier molecular flexibility index (Phi) is 4.35.